The van der Waals surface area contributed by atoms with Crippen molar-refractivity contribution in [2.45, 2.75) is 20.8 Å². The molecule has 3 rings (SSSR count). The van der Waals surface area contributed by atoms with Crippen LogP contribution in [-0.4, -0.2) is 16.8 Å². The maximum absolute atomic E-state index is 12.4. The van der Waals surface area contributed by atoms with Gasteiger partial charge in [0, 0.05) is 24.0 Å². The van der Waals surface area contributed by atoms with Gasteiger partial charge in [-0.05, 0) is 55.8 Å². The van der Waals surface area contributed by atoms with E-state index in [0.29, 0.717) is 11.4 Å². The van der Waals surface area contributed by atoms with Gasteiger partial charge < -0.3 is 16.0 Å². The Bertz CT molecular complexity index is 1010. The Morgan fingerprint density at radius 3 is 2.32 bits per heavy atom. The second kappa shape index (κ2) is 8.35. The van der Waals surface area contributed by atoms with Gasteiger partial charge in [-0.25, -0.2) is 4.98 Å². The molecular weight excluding hydrogens is 352 g/mol. The minimum atomic E-state index is -0.258. The van der Waals surface area contributed by atoms with Gasteiger partial charge in [-0.15, -0.1) is 0 Å². The highest BCUT2D eigenvalue weighted by Crippen LogP contribution is 2.21. The molecule has 2 aromatic carbocycles. The van der Waals surface area contributed by atoms with Crippen LogP contribution in [0, 0.1) is 13.8 Å². The number of carbonyl (C=O) groups is 2. The van der Waals surface area contributed by atoms with Gasteiger partial charge in [0.25, 0.3) is 5.91 Å². The monoisotopic (exact) mass is 374 g/mol. The second-order valence-electron chi connectivity index (χ2n) is 6.59. The normalized spacial score (nSPS) is 10.2. The van der Waals surface area contributed by atoms with Crippen LogP contribution in [0.4, 0.5) is 22.7 Å². The van der Waals surface area contributed by atoms with Gasteiger partial charge in [0.2, 0.25) is 5.91 Å². The van der Waals surface area contributed by atoms with Crippen LogP contribution in [0.15, 0.2) is 60.8 Å². The maximum Gasteiger partial charge on any atom is 0.274 e. The van der Waals surface area contributed by atoms with Gasteiger partial charge in [0.05, 0.1) is 11.9 Å². The van der Waals surface area contributed by atoms with Gasteiger partial charge in [-0.1, -0.05) is 23.8 Å². The van der Waals surface area contributed by atoms with E-state index in [1.165, 1.54) is 6.92 Å². The fourth-order valence-corrected chi connectivity index (χ4v) is 2.79. The summed E-state index contributed by atoms with van der Waals surface area (Å²) in [6.45, 7) is 5.43. The molecule has 3 N–H and O–H groups in total. The van der Waals surface area contributed by atoms with Crippen molar-refractivity contribution in [3.05, 3.63) is 77.6 Å². The van der Waals surface area contributed by atoms with E-state index in [2.05, 4.69) is 20.9 Å². The number of hydrogen-bond donors (Lipinski definition) is 3. The molecule has 0 aliphatic heterocycles. The first kappa shape index (κ1) is 19.1. The molecule has 6 nitrogen and oxygen atoms in total. The van der Waals surface area contributed by atoms with Crippen LogP contribution in [0.25, 0.3) is 0 Å². The highest BCUT2D eigenvalue weighted by molar-refractivity contribution is 6.03. The summed E-state index contributed by atoms with van der Waals surface area (Å²) >= 11 is 0. The minimum Gasteiger partial charge on any atom is -0.354 e. The van der Waals surface area contributed by atoms with E-state index in [1.807, 2.05) is 56.3 Å². The average molecular weight is 374 g/mol. The highest BCUT2D eigenvalue weighted by atomic mass is 16.2. The number of pyridine rings is 1. The van der Waals surface area contributed by atoms with Crippen LogP contribution in [0.1, 0.15) is 28.5 Å². The Balaban J connectivity index is 1.67. The molecule has 0 aliphatic carbocycles. The first-order valence-corrected chi connectivity index (χ1v) is 8.90. The minimum absolute atomic E-state index is 0.127. The summed E-state index contributed by atoms with van der Waals surface area (Å²) in [7, 11) is 0. The molecular formula is C22H22N4O2. The van der Waals surface area contributed by atoms with Crippen LogP contribution in [-0.2, 0) is 4.79 Å². The lowest BCUT2D eigenvalue weighted by atomic mass is 10.1. The molecule has 0 fully saturated rings. The van der Waals surface area contributed by atoms with Crippen molar-refractivity contribution in [1.82, 2.24) is 4.98 Å². The first-order valence-electron chi connectivity index (χ1n) is 8.90. The predicted molar refractivity (Wildman–Crippen MR) is 112 cm³/mol. The number of rotatable bonds is 5. The van der Waals surface area contributed by atoms with Crippen molar-refractivity contribution in [2.75, 3.05) is 16.0 Å². The fraction of sp³-hybridized carbons (Fsp3) is 0.136. The third kappa shape index (κ3) is 4.94. The molecule has 1 aromatic heterocycles. The molecule has 0 aliphatic rings. The van der Waals surface area contributed by atoms with Gasteiger partial charge >= 0.3 is 0 Å². The van der Waals surface area contributed by atoms with E-state index in [0.717, 1.165) is 28.2 Å². The molecule has 1 heterocycles. The van der Waals surface area contributed by atoms with Crippen LogP contribution < -0.4 is 16.0 Å². The topological polar surface area (TPSA) is 83.1 Å². The summed E-state index contributed by atoms with van der Waals surface area (Å²) in [5.74, 6) is -0.385. The van der Waals surface area contributed by atoms with E-state index in [-0.39, 0.29) is 11.8 Å². The number of amides is 2. The molecule has 0 bridgehead atoms. The number of hydrogen-bond acceptors (Lipinski definition) is 4. The van der Waals surface area contributed by atoms with Crippen molar-refractivity contribution in [1.29, 1.82) is 0 Å². The van der Waals surface area contributed by atoms with Crippen molar-refractivity contribution in [3.8, 4) is 0 Å². The maximum atomic E-state index is 12.4. The predicted octanol–water partition coefficient (Wildman–Crippen LogP) is 4.65. The summed E-state index contributed by atoms with van der Waals surface area (Å²) < 4.78 is 0. The number of aromatic nitrogens is 1. The average Bonchev–Trinajstić information content (AvgIpc) is 2.64. The number of nitrogens with one attached hydrogen (secondary N) is 3. The smallest absolute Gasteiger partial charge is 0.274 e. The van der Waals surface area contributed by atoms with Gasteiger partial charge in [-0.3, -0.25) is 9.59 Å². The van der Waals surface area contributed by atoms with Gasteiger partial charge in [-0.2, -0.15) is 0 Å². The van der Waals surface area contributed by atoms with Crippen molar-refractivity contribution < 1.29 is 9.59 Å². The number of carbonyl (C=O) groups excluding carboxylic acids is 2. The Morgan fingerprint density at radius 1 is 0.857 bits per heavy atom. The number of nitrogens with zero attached hydrogens (tertiary/aromatic N) is 1. The fourth-order valence-electron chi connectivity index (χ4n) is 2.79. The molecule has 3 aromatic rings. The zero-order chi connectivity index (χ0) is 20.1. The summed E-state index contributed by atoms with van der Waals surface area (Å²) in [4.78, 5) is 27.9. The standard InChI is InChI=1S/C22H22N4O2/c1-14-7-9-20(15(2)11-14)26-22(28)21-10-8-19(13-23-21)25-18-6-4-5-17(12-18)24-16(3)27/h4-13,25H,1-3H3,(H,24,27)(H,26,28). The Morgan fingerprint density at radius 2 is 1.64 bits per heavy atom. The number of aryl methyl sites for hydroxylation is 2. The number of anilines is 4. The molecule has 142 valence electrons. The second-order valence-corrected chi connectivity index (χ2v) is 6.59. The van der Waals surface area contributed by atoms with E-state index in [1.54, 1.807) is 18.3 Å². The molecule has 2 amide bonds. The summed E-state index contributed by atoms with van der Waals surface area (Å²) in [5, 5.41) is 8.83. The lowest BCUT2D eigenvalue weighted by Gasteiger charge is -2.10. The summed E-state index contributed by atoms with van der Waals surface area (Å²) in [5.41, 5.74) is 5.50. The Kier molecular flexibility index (Phi) is 5.69. The van der Waals surface area contributed by atoms with Crippen molar-refractivity contribution in [2.24, 2.45) is 0 Å². The SMILES string of the molecule is CC(=O)Nc1cccc(Nc2ccc(C(=O)Nc3ccc(C)cc3C)nc2)c1. The zero-order valence-electron chi connectivity index (χ0n) is 16.0. The van der Waals surface area contributed by atoms with Crippen LogP contribution in [0.3, 0.4) is 0 Å². The zero-order valence-corrected chi connectivity index (χ0v) is 16.0. The van der Waals surface area contributed by atoms with Crippen LogP contribution in [0.5, 0.6) is 0 Å². The van der Waals surface area contributed by atoms with E-state index in [9.17, 15) is 9.59 Å². The molecule has 0 saturated carbocycles. The molecule has 0 saturated heterocycles. The third-order valence-electron chi connectivity index (χ3n) is 4.10. The van der Waals surface area contributed by atoms with E-state index in [4.69, 9.17) is 0 Å². The molecule has 28 heavy (non-hydrogen) atoms. The lowest BCUT2D eigenvalue weighted by Crippen LogP contribution is -2.14. The largest absolute Gasteiger partial charge is 0.354 e. The lowest BCUT2D eigenvalue weighted by molar-refractivity contribution is -0.114. The van der Waals surface area contributed by atoms with E-state index >= 15 is 0 Å². The van der Waals surface area contributed by atoms with Gasteiger partial charge in [0.1, 0.15) is 5.69 Å². The van der Waals surface area contributed by atoms with Crippen molar-refractivity contribution >= 4 is 34.6 Å². The van der Waals surface area contributed by atoms with Crippen LogP contribution >= 0.6 is 0 Å². The van der Waals surface area contributed by atoms with Crippen LogP contribution in [0.2, 0.25) is 0 Å². The molecule has 0 spiro atoms. The third-order valence-corrected chi connectivity index (χ3v) is 4.10. The molecule has 0 unspecified atom stereocenters. The van der Waals surface area contributed by atoms with Gasteiger partial charge in [0.15, 0.2) is 0 Å². The Labute approximate surface area is 164 Å². The molecule has 0 atom stereocenters. The quantitative estimate of drug-likeness (QED) is 0.607. The highest BCUT2D eigenvalue weighted by Gasteiger charge is 2.09. The molecule has 6 heteroatoms. The Hall–Kier alpha value is -3.67. The van der Waals surface area contributed by atoms with E-state index < -0.39 is 0 Å². The number of benzene rings is 2. The molecule has 0 radical (unpaired) electrons. The summed E-state index contributed by atoms with van der Waals surface area (Å²) in [6, 6.07) is 16.7. The summed E-state index contributed by atoms with van der Waals surface area (Å²) in [6.07, 6.45) is 1.60. The first-order chi connectivity index (χ1) is 13.4. The van der Waals surface area contributed by atoms with Crippen molar-refractivity contribution in [3.63, 3.8) is 0 Å².